The summed E-state index contributed by atoms with van der Waals surface area (Å²) in [6, 6.07) is 14.2. The molecular weight excluding hydrogens is 398 g/mol. The van der Waals surface area contributed by atoms with E-state index in [9.17, 15) is 8.42 Å². The third-order valence-electron chi connectivity index (χ3n) is 4.92. The average molecular weight is 418 g/mol. The van der Waals surface area contributed by atoms with Crippen LogP contribution < -0.4 is 0 Å². The number of piperidine rings is 1. The van der Waals surface area contributed by atoms with Gasteiger partial charge in [0, 0.05) is 23.7 Å². The number of rotatable bonds is 4. The minimum Gasteiger partial charge on any atom is -0.339 e. The molecule has 1 unspecified atom stereocenters. The number of hydrogen-bond donors (Lipinski definition) is 0. The van der Waals surface area contributed by atoms with Gasteiger partial charge in [0.25, 0.3) is 0 Å². The van der Waals surface area contributed by atoms with Crippen molar-refractivity contribution in [2.24, 2.45) is 0 Å². The molecular formula is C20H20ClN3O3S. The van der Waals surface area contributed by atoms with E-state index in [2.05, 4.69) is 10.1 Å². The molecule has 3 aromatic rings. The highest BCUT2D eigenvalue weighted by Gasteiger charge is 2.33. The smallest absolute Gasteiger partial charge is 0.243 e. The van der Waals surface area contributed by atoms with E-state index in [-0.39, 0.29) is 10.8 Å². The summed E-state index contributed by atoms with van der Waals surface area (Å²) in [6.07, 6.45) is 1.53. The molecule has 0 amide bonds. The van der Waals surface area contributed by atoms with Crippen LogP contribution in [0.4, 0.5) is 0 Å². The van der Waals surface area contributed by atoms with Crippen LogP contribution in [0.1, 0.15) is 30.2 Å². The molecule has 0 spiro atoms. The van der Waals surface area contributed by atoms with Gasteiger partial charge < -0.3 is 4.52 Å². The van der Waals surface area contributed by atoms with E-state index in [1.54, 1.807) is 18.2 Å². The largest absolute Gasteiger partial charge is 0.339 e. The Morgan fingerprint density at radius 2 is 1.96 bits per heavy atom. The molecule has 1 saturated heterocycles. The number of nitrogens with zero attached hydrogens (tertiary/aromatic N) is 3. The molecule has 1 aromatic heterocycles. The number of sulfonamides is 1. The molecule has 28 heavy (non-hydrogen) atoms. The van der Waals surface area contributed by atoms with Crippen molar-refractivity contribution < 1.29 is 12.9 Å². The second kappa shape index (κ2) is 7.66. The number of aromatic nitrogens is 2. The quantitative estimate of drug-likeness (QED) is 0.633. The Bertz CT molecular complexity index is 1080. The zero-order valence-corrected chi connectivity index (χ0v) is 16.9. The number of hydrogen-bond acceptors (Lipinski definition) is 5. The lowest BCUT2D eigenvalue weighted by Crippen LogP contribution is -2.39. The molecule has 8 heteroatoms. The highest BCUT2D eigenvalue weighted by molar-refractivity contribution is 7.89. The van der Waals surface area contributed by atoms with Gasteiger partial charge in [0.1, 0.15) is 0 Å². The fourth-order valence-electron chi connectivity index (χ4n) is 3.36. The van der Waals surface area contributed by atoms with Gasteiger partial charge in [-0.1, -0.05) is 52.7 Å². The van der Waals surface area contributed by atoms with E-state index >= 15 is 0 Å². The van der Waals surface area contributed by atoms with Crippen molar-refractivity contribution in [1.29, 1.82) is 0 Å². The molecule has 6 nitrogen and oxygen atoms in total. The van der Waals surface area contributed by atoms with Crippen molar-refractivity contribution in [3.63, 3.8) is 0 Å². The van der Waals surface area contributed by atoms with Crippen LogP contribution in [-0.2, 0) is 10.0 Å². The van der Waals surface area contributed by atoms with Gasteiger partial charge in [-0.2, -0.15) is 9.29 Å². The van der Waals surface area contributed by atoms with E-state index in [1.807, 2.05) is 31.2 Å². The summed E-state index contributed by atoms with van der Waals surface area (Å²) >= 11 is 5.97. The van der Waals surface area contributed by atoms with E-state index < -0.39 is 10.0 Å². The molecule has 0 radical (unpaired) electrons. The van der Waals surface area contributed by atoms with Gasteiger partial charge in [0.2, 0.25) is 21.7 Å². The molecule has 0 aliphatic carbocycles. The monoisotopic (exact) mass is 417 g/mol. The minimum absolute atomic E-state index is 0.130. The predicted molar refractivity (Wildman–Crippen MR) is 107 cm³/mol. The Balaban J connectivity index is 1.55. The summed E-state index contributed by atoms with van der Waals surface area (Å²) in [7, 11) is -3.62. The SMILES string of the molecule is Cc1ccc(-c2noc(C3CCCN(S(=O)(=O)c4cccc(Cl)c4)C3)n2)cc1. The molecule has 2 aromatic carbocycles. The van der Waals surface area contributed by atoms with Crippen molar-refractivity contribution in [2.45, 2.75) is 30.6 Å². The van der Waals surface area contributed by atoms with Gasteiger partial charge in [0.05, 0.1) is 10.8 Å². The molecule has 1 aliphatic rings. The van der Waals surface area contributed by atoms with E-state index in [0.717, 1.165) is 24.0 Å². The maximum absolute atomic E-state index is 13.0. The summed E-state index contributed by atoms with van der Waals surface area (Å²) in [5, 5.41) is 4.47. The highest BCUT2D eigenvalue weighted by Crippen LogP contribution is 2.31. The first kappa shape index (κ1) is 19.1. The van der Waals surface area contributed by atoms with Gasteiger partial charge in [-0.15, -0.1) is 0 Å². The Hall–Kier alpha value is -2.22. The Morgan fingerprint density at radius 3 is 2.71 bits per heavy atom. The summed E-state index contributed by atoms with van der Waals surface area (Å²) in [5.41, 5.74) is 2.03. The van der Waals surface area contributed by atoms with Gasteiger partial charge in [-0.05, 0) is 38.0 Å². The first-order valence-corrected chi connectivity index (χ1v) is 10.9. The Kier molecular flexibility index (Phi) is 5.23. The number of benzene rings is 2. The fourth-order valence-corrected chi connectivity index (χ4v) is 5.18. The van der Waals surface area contributed by atoms with Crippen LogP contribution in [-0.4, -0.2) is 36.0 Å². The summed E-state index contributed by atoms with van der Waals surface area (Å²) in [4.78, 5) is 4.72. The third kappa shape index (κ3) is 3.83. The lowest BCUT2D eigenvalue weighted by Gasteiger charge is -2.30. The van der Waals surface area contributed by atoms with E-state index in [1.165, 1.54) is 10.4 Å². The molecule has 1 aliphatic heterocycles. The highest BCUT2D eigenvalue weighted by atomic mass is 35.5. The van der Waals surface area contributed by atoms with E-state index in [0.29, 0.717) is 29.8 Å². The zero-order chi connectivity index (χ0) is 19.7. The van der Waals surface area contributed by atoms with Crippen molar-refractivity contribution in [1.82, 2.24) is 14.4 Å². The lowest BCUT2D eigenvalue weighted by atomic mass is 10.00. The second-order valence-corrected chi connectivity index (χ2v) is 9.36. The van der Waals surface area contributed by atoms with Crippen molar-refractivity contribution in [3.05, 3.63) is 65.0 Å². The molecule has 0 bridgehead atoms. The molecule has 2 heterocycles. The topological polar surface area (TPSA) is 76.3 Å². The van der Waals surface area contributed by atoms with Crippen molar-refractivity contribution in [2.75, 3.05) is 13.1 Å². The normalized spacial score (nSPS) is 18.3. The standard InChI is InChI=1S/C20H20ClN3O3S/c1-14-7-9-15(10-8-14)19-22-20(27-23-19)16-4-3-11-24(13-16)28(25,26)18-6-2-5-17(21)12-18/h2,5-10,12,16H,3-4,11,13H2,1H3. The molecule has 1 atom stereocenters. The van der Waals surface area contributed by atoms with E-state index in [4.69, 9.17) is 16.1 Å². The maximum Gasteiger partial charge on any atom is 0.243 e. The van der Waals surface area contributed by atoms with Crippen molar-refractivity contribution >= 4 is 21.6 Å². The van der Waals surface area contributed by atoms with Crippen LogP contribution in [0, 0.1) is 6.92 Å². The van der Waals surface area contributed by atoms with Crippen LogP contribution >= 0.6 is 11.6 Å². The summed E-state index contributed by atoms with van der Waals surface area (Å²) in [6.45, 7) is 2.79. The molecule has 0 N–H and O–H groups in total. The van der Waals surface area contributed by atoms with Crippen LogP contribution in [0.25, 0.3) is 11.4 Å². The first-order chi connectivity index (χ1) is 13.4. The maximum atomic E-state index is 13.0. The van der Waals surface area contributed by atoms with Gasteiger partial charge >= 0.3 is 0 Å². The first-order valence-electron chi connectivity index (χ1n) is 9.10. The van der Waals surface area contributed by atoms with Crippen molar-refractivity contribution in [3.8, 4) is 11.4 Å². The molecule has 4 rings (SSSR count). The Labute approximate surface area is 169 Å². The van der Waals surface area contributed by atoms with Crippen LogP contribution in [0.15, 0.2) is 57.9 Å². The Morgan fingerprint density at radius 1 is 1.18 bits per heavy atom. The third-order valence-corrected chi connectivity index (χ3v) is 7.01. The summed E-state index contributed by atoms with van der Waals surface area (Å²) in [5.74, 6) is 0.862. The summed E-state index contributed by atoms with van der Waals surface area (Å²) < 4.78 is 32.9. The number of halogens is 1. The van der Waals surface area contributed by atoms with Crippen LogP contribution in [0.2, 0.25) is 5.02 Å². The number of aryl methyl sites for hydroxylation is 1. The average Bonchev–Trinajstić information content (AvgIpc) is 3.19. The molecule has 0 saturated carbocycles. The molecule has 1 fully saturated rings. The lowest BCUT2D eigenvalue weighted by molar-refractivity contribution is 0.265. The predicted octanol–water partition coefficient (Wildman–Crippen LogP) is 4.27. The van der Waals surface area contributed by atoms with Gasteiger partial charge in [0.15, 0.2) is 0 Å². The minimum atomic E-state index is -3.62. The second-order valence-electron chi connectivity index (χ2n) is 6.98. The van der Waals surface area contributed by atoms with Crippen LogP contribution in [0.3, 0.4) is 0 Å². The van der Waals surface area contributed by atoms with Gasteiger partial charge in [-0.3, -0.25) is 0 Å². The zero-order valence-electron chi connectivity index (χ0n) is 15.4. The van der Waals surface area contributed by atoms with Crippen LogP contribution in [0.5, 0.6) is 0 Å². The molecule has 146 valence electrons. The fraction of sp³-hybridized carbons (Fsp3) is 0.300. The van der Waals surface area contributed by atoms with Gasteiger partial charge in [-0.25, -0.2) is 8.42 Å².